The molecule has 184 valence electrons. The van der Waals surface area contributed by atoms with Crippen molar-refractivity contribution >= 4 is 23.6 Å². The van der Waals surface area contributed by atoms with E-state index in [0.29, 0.717) is 37.9 Å². The smallest absolute Gasteiger partial charge is 0.317 e. The predicted molar refractivity (Wildman–Crippen MR) is 134 cm³/mol. The van der Waals surface area contributed by atoms with Gasteiger partial charge in [0.15, 0.2) is 0 Å². The molecule has 0 aromatic heterocycles. The van der Waals surface area contributed by atoms with Gasteiger partial charge in [-0.15, -0.1) is 0 Å². The molecule has 0 spiro atoms. The van der Waals surface area contributed by atoms with Crippen molar-refractivity contribution in [3.05, 3.63) is 41.7 Å². The first-order valence-electron chi connectivity index (χ1n) is 12.6. The summed E-state index contributed by atoms with van der Waals surface area (Å²) in [5.74, 6) is 0.116. The van der Waals surface area contributed by atoms with Crippen LogP contribution in [0.15, 0.2) is 40.9 Å². The van der Waals surface area contributed by atoms with Crippen molar-refractivity contribution in [2.24, 2.45) is 22.2 Å². The van der Waals surface area contributed by atoms with Gasteiger partial charge in [0.25, 0.3) is 0 Å². The van der Waals surface area contributed by atoms with E-state index in [2.05, 4.69) is 25.2 Å². The van der Waals surface area contributed by atoms with E-state index in [1.54, 1.807) is 12.1 Å². The van der Waals surface area contributed by atoms with Crippen LogP contribution in [0.2, 0.25) is 0 Å². The molecule has 4 atom stereocenters. The second-order valence-corrected chi connectivity index (χ2v) is 10.1. The van der Waals surface area contributed by atoms with Crippen molar-refractivity contribution in [2.45, 2.75) is 58.4 Å². The van der Waals surface area contributed by atoms with Gasteiger partial charge in [0, 0.05) is 37.0 Å². The van der Waals surface area contributed by atoms with Gasteiger partial charge in [-0.2, -0.15) is 0 Å². The number of hydrogen-bond acceptors (Lipinski definition) is 4. The number of carbonyl (C=O) groups excluding carboxylic acids is 1. The minimum absolute atomic E-state index is 0.000282. The Balaban J connectivity index is 1.49. The highest BCUT2D eigenvalue weighted by Crippen LogP contribution is 2.55. The van der Waals surface area contributed by atoms with E-state index in [-0.39, 0.29) is 29.2 Å². The number of ether oxygens (including phenoxy) is 1. The van der Waals surface area contributed by atoms with Gasteiger partial charge in [0.1, 0.15) is 5.82 Å². The molecule has 7 heteroatoms. The van der Waals surface area contributed by atoms with E-state index in [1.807, 2.05) is 4.90 Å². The molecule has 1 aromatic rings. The predicted octanol–water partition coefficient (Wildman–Crippen LogP) is 5.51. The number of amides is 2. The number of nitrogens with zero attached hydrogens (tertiary/aromatic N) is 2. The molecule has 4 unspecified atom stereocenters. The molecule has 4 rings (SSSR count). The third-order valence-corrected chi connectivity index (χ3v) is 7.86. The lowest BCUT2D eigenvalue weighted by Gasteiger charge is -2.40. The van der Waals surface area contributed by atoms with Gasteiger partial charge in [0.05, 0.1) is 18.9 Å². The van der Waals surface area contributed by atoms with Crippen molar-refractivity contribution in [2.75, 3.05) is 26.3 Å². The number of hydrogen-bond donors (Lipinski definition) is 2. The number of carbonyl (C=O) groups is 1. The second kappa shape index (κ2) is 10.8. The molecule has 6 nitrogen and oxygen atoms in total. The van der Waals surface area contributed by atoms with E-state index >= 15 is 0 Å². The Bertz CT molecular complexity index is 938. The summed E-state index contributed by atoms with van der Waals surface area (Å²) >= 11 is 0. The minimum atomic E-state index is -0.275. The molecular weight excluding hydrogens is 431 g/mol. The summed E-state index contributed by atoms with van der Waals surface area (Å²) in [6, 6.07) is 6.37. The van der Waals surface area contributed by atoms with Crippen molar-refractivity contribution in [3.63, 3.8) is 0 Å². The maximum Gasteiger partial charge on any atom is 0.317 e. The van der Waals surface area contributed by atoms with E-state index in [9.17, 15) is 9.18 Å². The van der Waals surface area contributed by atoms with Crippen LogP contribution >= 0.6 is 0 Å². The second-order valence-electron chi connectivity index (χ2n) is 10.1. The highest BCUT2D eigenvalue weighted by molar-refractivity contribution is 6.07. The Kier molecular flexibility index (Phi) is 7.81. The number of rotatable bonds is 7. The average molecular weight is 469 g/mol. The van der Waals surface area contributed by atoms with Crippen LogP contribution in [0.25, 0.3) is 0 Å². The van der Waals surface area contributed by atoms with Crippen LogP contribution in [-0.4, -0.2) is 55.2 Å². The zero-order valence-electron chi connectivity index (χ0n) is 20.4. The van der Waals surface area contributed by atoms with E-state index < -0.39 is 0 Å². The van der Waals surface area contributed by atoms with Crippen LogP contribution < -0.4 is 5.32 Å². The van der Waals surface area contributed by atoms with Gasteiger partial charge in [-0.05, 0) is 73.8 Å². The van der Waals surface area contributed by atoms with Gasteiger partial charge in [0.2, 0.25) is 0 Å². The summed E-state index contributed by atoms with van der Waals surface area (Å²) in [4.78, 5) is 19.5. The van der Waals surface area contributed by atoms with Crippen molar-refractivity contribution in [1.82, 2.24) is 10.2 Å². The van der Waals surface area contributed by atoms with Crippen molar-refractivity contribution in [3.8, 4) is 0 Å². The SMILES string of the molecule is CCCC(CC1CCC2=CC(=Nc3ccc(F)cc3)C(C=N)CC21C)NC(=O)N1CCOCC1. The highest BCUT2D eigenvalue weighted by Gasteiger charge is 2.47. The average Bonchev–Trinajstić information content (AvgIpc) is 3.15. The number of fused-ring (bicyclic) bond motifs is 1. The van der Waals surface area contributed by atoms with Gasteiger partial charge in [-0.3, -0.25) is 4.99 Å². The monoisotopic (exact) mass is 468 g/mol. The summed E-state index contributed by atoms with van der Waals surface area (Å²) in [6.07, 6.45) is 9.58. The molecule has 34 heavy (non-hydrogen) atoms. The lowest BCUT2D eigenvalue weighted by Crippen LogP contribution is -2.50. The van der Waals surface area contributed by atoms with Gasteiger partial charge in [-0.1, -0.05) is 25.8 Å². The van der Waals surface area contributed by atoms with Gasteiger partial charge in [-0.25, -0.2) is 9.18 Å². The van der Waals surface area contributed by atoms with Crippen LogP contribution in [0.3, 0.4) is 0 Å². The van der Waals surface area contributed by atoms with E-state index in [0.717, 1.165) is 44.2 Å². The standard InChI is InChI=1S/C27H37FN4O2/c1-3-4-24(31-26(33)32-11-13-34-14-12-32)15-20-5-6-21-16-25(19(18-29)17-27(20,21)2)30-23-9-7-22(28)8-10-23/h7-10,16,18-20,24,29H,3-6,11-15,17H2,1-2H3,(H,31,33). The van der Waals surface area contributed by atoms with Gasteiger partial charge >= 0.3 is 6.03 Å². The zero-order valence-corrected chi connectivity index (χ0v) is 20.4. The Morgan fingerprint density at radius 2 is 2.09 bits per heavy atom. The van der Waals surface area contributed by atoms with Crippen molar-refractivity contribution < 1.29 is 13.9 Å². The molecule has 2 fully saturated rings. The maximum atomic E-state index is 13.3. The molecule has 1 aromatic carbocycles. The maximum absolute atomic E-state index is 13.3. The number of allylic oxidation sites excluding steroid dienone is 2. The third-order valence-electron chi connectivity index (χ3n) is 7.86. The van der Waals surface area contributed by atoms with Crippen LogP contribution in [0, 0.1) is 28.5 Å². The van der Waals surface area contributed by atoms with Crippen LogP contribution in [-0.2, 0) is 4.74 Å². The number of morpholine rings is 1. The largest absolute Gasteiger partial charge is 0.378 e. The molecule has 1 heterocycles. The number of urea groups is 1. The summed E-state index contributed by atoms with van der Waals surface area (Å²) in [5, 5.41) is 11.4. The quantitative estimate of drug-likeness (QED) is 0.518. The fourth-order valence-electron chi connectivity index (χ4n) is 5.85. The molecule has 2 aliphatic carbocycles. The third kappa shape index (κ3) is 5.40. The fourth-order valence-corrected chi connectivity index (χ4v) is 5.85. The number of nitrogens with one attached hydrogen (secondary N) is 2. The van der Waals surface area contributed by atoms with E-state index in [4.69, 9.17) is 15.1 Å². The Morgan fingerprint density at radius 3 is 2.76 bits per heavy atom. The van der Waals surface area contributed by atoms with Crippen LogP contribution in [0.5, 0.6) is 0 Å². The molecule has 3 aliphatic rings. The first-order chi connectivity index (χ1) is 16.4. The minimum Gasteiger partial charge on any atom is -0.378 e. The normalized spacial score (nSPS) is 28.9. The summed E-state index contributed by atoms with van der Waals surface area (Å²) in [7, 11) is 0. The highest BCUT2D eigenvalue weighted by atomic mass is 19.1. The first-order valence-corrected chi connectivity index (χ1v) is 12.6. The van der Waals surface area contributed by atoms with Crippen molar-refractivity contribution in [1.29, 1.82) is 5.41 Å². The summed E-state index contributed by atoms with van der Waals surface area (Å²) in [5.41, 5.74) is 3.00. The molecule has 0 radical (unpaired) electrons. The fraction of sp³-hybridized carbons (Fsp3) is 0.593. The van der Waals surface area contributed by atoms with Crippen LogP contribution in [0.4, 0.5) is 14.9 Å². The number of benzene rings is 1. The topological polar surface area (TPSA) is 77.8 Å². The first kappa shape index (κ1) is 24.6. The Labute approximate surface area is 202 Å². The summed E-state index contributed by atoms with van der Waals surface area (Å²) < 4.78 is 18.7. The Hall–Kier alpha value is -2.54. The number of aliphatic imine (C=N–C) groups is 1. The summed E-state index contributed by atoms with van der Waals surface area (Å²) in [6.45, 7) is 7.00. The van der Waals surface area contributed by atoms with Crippen LogP contribution in [0.1, 0.15) is 52.4 Å². The molecule has 1 aliphatic heterocycles. The van der Waals surface area contributed by atoms with Gasteiger partial charge < -0.3 is 20.4 Å². The number of halogens is 1. The lowest BCUT2D eigenvalue weighted by molar-refractivity contribution is 0.0519. The molecule has 1 saturated carbocycles. The molecule has 2 N–H and O–H groups in total. The molecule has 0 bridgehead atoms. The Morgan fingerprint density at radius 1 is 1.35 bits per heavy atom. The lowest BCUT2D eigenvalue weighted by atomic mass is 9.65. The molecular formula is C27H37FN4O2. The molecule has 2 amide bonds. The van der Waals surface area contributed by atoms with E-state index in [1.165, 1.54) is 23.9 Å². The molecule has 1 saturated heterocycles. The zero-order chi connectivity index (χ0) is 24.1.